The predicted octanol–water partition coefficient (Wildman–Crippen LogP) is 2.15. The fraction of sp³-hybridized carbons (Fsp3) is 0.167. The fourth-order valence-electron chi connectivity index (χ4n) is 2.71. The van der Waals surface area contributed by atoms with E-state index in [1.54, 1.807) is 25.1 Å². The number of fused-ring (bicyclic) bond motifs is 1. The summed E-state index contributed by atoms with van der Waals surface area (Å²) in [5.41, 5.74) is 1.04. The monoisotopic (exact) mass is 416 g/mol. The fourth-order valence-corrected chi connectivity index (χ4v) is 4.60. The molecule has 1 aliphatic rings. The normalized spacial score (nSPS) is 17.1. The van der Waals surface area contributed by atoms with Crippen molar-refractivity contribution in [1.29, 1.82) is 0 Å². The summed E-state index contributed by atoms with van der Waals surface area (Å²) in [5.74, 6) is 0.320. The van der Waals surface area contributed by atoms with Crippen molar-refractivity contribution >= 4 is 33.1 Å². The van der Waals surface area contributed by atoms with Crippen LogP contribution in [0.15, 0.2) is 62.3 Å². The molecule has 2 aromatic heterocycles. The van der Waals surface area contributed by atoms with Crippen LogP contribution in [0.2, 0.25) is 0 Å². The molecule has 1 amide bonds. The second kappa shape index (κ2) is 7.21. The maximum absolute atomic E-state index is 12.4. The zero-order valence-electron chi connectivity index (χ0n) is 14.7. The van der Waals surface area contributed by atoms with Crippen LogP contribution in [0.4, 0.5) is 0 Å². The van der Waals surface area contributed by atoms with Gasteiger partial charge in [0.1, 0.15) is 18.1 Å². The first-order chi connectivity index (χ1) is 13.4. The van der Waals surface area contributed by atoms with Gasteiger partial charge in [-0.3, -0.25) is 14.5 Å². The van der Waals surface area contributed by atoms with Crippen molar-refractivity contribution in [3.05, 3.63) is 59.3 Å². The number of nitrogens with one attached hydrogen (secondary N) is 2. The number of rotatable bonds is 5. The zero-order valence-corrected chi connectivity index (χ0v) is 16.4. The van der Waals surface area contributed by atoms with Crippen LogP contribution in [0.25, 0.3) is 10.8 Å². The molecule has 0 fully saturated rings. The Balaban J connectivity index is 1.43. The maximum atomic E-state index is 12.4. The third-order valence-corrected chi connectivity index (χ3v) is 6.35. The molecule has 0 radical (unpaired) electrons. The van der Waals surface area contributed by atoms with Gasteiger partial charge < -0.3 is 9.73 Å². The van der Waals surface area contributed by atoms with Crippen molar-refractivity contribution < 1.29 is 17.6 Å². The van der Waals surface area contributed by atoms with E-state index in [1.165, 1.54) is 23.7 Å². The van der Waals surface area contributed by atoms with Crippen LogP contribution in [0.3, 0.4) is 0 Å². The van der Waals surface area contributed by atoms with Crippen LogP contribution < -0.4 is 10.0 Å². The summed E-state index contributed by atoms with van der Waals surface area (Å²) in [5, 5.41) is 4.66. The van der Waals surface area contributed by atoms with E-state index >= 15 is 0 Å². The minimum Gasteiger partial charge on any atom is -0.443 e. The SMILES string of the molecule is C[C@H](N=C1NS(=O)(=O)c2ccccc21)C(=O)NCc1coc(-c2cccs2)n1. The summed E-state index contributed by atoms with van der Waals surface area (Å²) in [6.45, 7) is 1.78. The molecule has 1 aromatic carbocycles. The Morgan fingerprint density at radius 2 is 2.14 bits per heavy atom. The van der Waals surface area contributed by atoms with E-state index in [1.807, 2.05) is 17.5 Å². The summed E-state index contributed by atoms with van der Waals surface area (Å²) in [6, 6.07) is 9.53. The smallest absolute Gasteiger partial charge is 0.263 e. The minimum atomic E-state index is -3.63. The number of sulfonamides is 1. The van der Waals surface area contributed by atoms with E-state index in [0.29, 0.717) is 17.1 Å². The van der Waals surface area contributed by atoms with Gasteiger partial charge in [-0.25, -0.2) is 13.4 Å². The van der Waals surface area contributed by atoms with Crippen molar-refractivity contribution in [3.63, 3.8) is 0 Å². The maximum Gasteiger partial charge on any atom is 0.263 e. The van der Waals surface area contributed by atoms with Crippen LogP contribution in [-0.4, -0.2) is 31.2 Å². The zero-order chi connectivity index (χ0) is 19.7. The number of oxazole rings is 1. The van der Waals surface area contributed by atoms with E-state index in [9.17, 15) is 13.2 Å². The molecule has 2 N–H and O–H groups in total. The lowest BCUT2D eigenvalue weighted by molar-refractivity contribution is -0.122. The van der Waals surface area contributed by atoms with Crippen LogP contribution in [-0.2, 0) is 21.4 Å². The highest BCUT2D eigenvalue weighted by atomic mass is 32.2. The molecule has 1 aliphatic heterocycles. The predicted molar refractivity (Wildman–Crippen MR) is 104 cm³/mol. The Bertz CT molecular complexity index is 1150. The number of hydrogen-bond acceptors (Lipinski definition) is 7. The molecule has 0 saturated heterocycles. The van der Waals surface area contributed by atoms with Crippen LogP contribution >= 0.6 is 11.3 Å². The number of amidine groups is 1. The molecule has 0 aliphatic carbocycles. The molecule has 0 bridgehead atoms. The number of benzene rings is 1. The summed E-state index contributed by atoms with van der Waals surface area (Å²) in [6.07, 6.45) is 1.49. The lowest BCUT2D eigenvalue weighted by Crippen LogP contribution is -2.33. The first-order valence-electron chi connectivity index (χ1n) is 8.40. The van der Waals surface area contributed by atoms with Gasteiger partial charge in [0.15, 0.2) is 0 Å². The second-order valence-corrected chi connectivity index (χ2v) is 8.69. The molecule has 1 atom stereocenters. The molecular weight excluding hydrogens is 400 g/mol. The highest BCUT2D eigenvalue weighted by molar-refractivity contribution is 7.90. The van der Waals surface area contributed by atoms with Gasteiger partial charge in [0, 0.05) is 5.56 Å². The van der Waals surface area contributed by atoms with E-state index in [0.717, 1.165) is 4.88 Å². The van der Waals surface area contributed by atoms with Gasteiger partial charge in [-0.15, -0.1) is 11.3 Å². The first-order valence-corrected chi connectivity index (χ1v) is 10.8. The van der Waals surface area contributed by atoms with E-state index in [-0.39, 0.29) is 23.2 Å². The Kier molecular flexibility index (Phi) is 4.73. The van der Waals surface area contributed by atoms with Gasteiger partial charge in [0.25, 0.3) is 10.0 Å². The van der Waals surface area contributed by atoms with Crippen LogP contribution in [0, 0.1) is 0 Å². The molecule has 3 aromatic rings. The number of hydrogen-bond donors (Lipinski definition) is 2. The number of amides is 1. The van der Waals surface area contributed by atoms with Crippen molar-refractivity contribution in [2.24, 2.45) is 4.99 Å². The van der Waals surface area contributed by atoms with Crippen molar-refractivity contribution in [1.82, 2.24) is 15.0 Å². The van der Waals surface area contributed by atoms with Gasteiger partial charge in [0.05, 0.1) is 22.0 Å². The van der Waals surface area contributed by atoms with E-state index < -0.39 is 16.1 Å². The Hall–Kier alpha value is -2.98. The number of thiophene rings is 1. The van der Waals surface area contributed by atoms with Gasteiger partial charge in [-0.1, -0.05) is 18.2 Å². The van der Waals surface area contributed by atoms with Crippen LogP contribution in [0.5, 0.6) is 0 Å². The van der Waals surface area contributed by atoms with E-state index in [4.69, 9.17) is 4.42 Å². The molecule has 0 unspecified atom stereocenters. The molecule has 0 saturated carbocycles. The average Bonchev–Trinajstić information content (AvgIpc) is 3.40. The molecule has 3 heterocycles. The highest BCUT2D eigenvalue weighted by Gasteiger charge is 2.31. The molecule has 144 valence electrons. The number of carbonyl (C=O) groups excluding carboxylic acids is 1. The number of aromatic nitrogens is 1. The van der Waals surface area contributed by atoms with Crippen molar-refractivity contribution in [2.75, 3.05) is 0 Å². The topological polar surface area (TPSA) is 114 Å². The largest absolute Gasteiger partial charge is 0.443 e. The summed E-state index contributed by atoms with van der Waals surface area (Å²) in [4.78, 5) is 22.0. The Morgan fingerprint density at radius 3 is 2.93 bits per heavy atom. The van der Waals surface area contributed by atoms with Crippen molar-refractivity contribution in [2.45, 2.75) is 24.4 Å². The first kappa shape index (κ1) is 18.4. The quantitative estimate of drug-likeness (QED) is 0.662. The number of carbonyl (C=O) groups is 1. The lowest BCUT2D eigenvalue weighted by Gasteiger charge is -2.08. The highest BCUT2D eigenvalue weighted by Crippen LogP contribution is 2.24. The molecular formula is C18H16N4O4S2. The second-order valence-electron chi connectivity index (χ2n) is 6.09. The van der Waals surface area contributed by atoms with E-state index in [2.05, 4.69) is 20.0 Å². The molecule has 8 nitrogen and oxygen atoms in total. The molecule has 4 rings (SSSR count). The van der Waals surface area contributed by atoms with Gasteiger partial charge in [-0.05, 0) is 30.5 Å². The van der Waals surface area contributed by atoms with Crippen LogP contribution in [0.1, 0.15) is 18.2 Å². The average molecular weight is 416 g/mol. The van der Waals surface area contributed by atoms with Gasteiger partial charge in [0.2, 0.25) is 11.8 Å². The van der Waals surface area contributed by atoms with Gasteiger partial charge in [-0.2, -0.15) is 0 Å². The molecule has 0 spiro atoms. The Morgan fingerprint density at radius 1 is 1.32 bits per heavy atom. The van der Waals surface area contributed by atoms with Gasteiger partial charge >= 0.3 is 0 Å². The third-order valence-electron chi connectivity index (χ3n) is 4.09. The third kappa shape index (κ3) is 3.56. The summed E-state index contributed by atoms with van der Waals surface area (Å²) in [7, 11) is -3.63. The minimum absolute atomic E-state index is 0.157. The van der Waals surface area contributed by atoms with Crippen molar-refractivity contribution in [3.8, 4) is 10.8 Å². The Labute approximate surface area is 165 Å². The molecule has 28 heavy (non-hydrogen) atoms. The standard InChI is InChI=1S/C18H16N4O4S2/c1-11(20-16-13-5-2-3-7-15(13)28(24,25)22-16)17(23)19-9-12-10-26-18(21-12)14-6-4-8-27-14/h2-8,10-11H,9H2,1H3,(H,19,23)(H,20,22)/t11-/m0/s1. The number of nitrogens with zero attached hydrogens (tertiary/aromatic N) is 2. The lowest BCUT2D eigenvalue weighted by atomic mass is 10.2. The molecule has 10 heteroatoms. The number of aliphatic imine (C=N–C) groups is 1. The summed E-state index contributed by atoms with van der Waals surface area (Å²) >= 11 is 1.51. The summed E-state index contributed by atoms with van der Waals surface area (Å²) < 4.78 is 32.0.